The summed E-state index contributed by atoms with van der Waals surface area (Å²) >= 11 is 0. The van der Waals surface area contributed by atoms with Crippen molar-refractivity contribution in [2.75, 3.05) is 5.32 Å². The molecule has 21 heavy (non-hydrogen) atoms. The highest BCUT2D eigenvalue weighted by Gasteiger charge is 2.22. The van der Waals surface area contributed by atoms with Gasteiger partial charge in [-0.15, -0.1) is 0 Å². The Morgan fingerprint density at radius 2 is 2.00 bits per heavy atom. The number of anilines is 1. The molecule has 1 aromatic rings. The third kappa shape index (κ3) is 3.31. The van der Waals surface area contributed by atoms with Crippen LogP contribution in [0.15, 0.2) is 9.59 Å². The molecule has 0 aromatic carbocycles. The van der Waals surface area contributed by atoms with E-state index in [0.717, 1.165) is 15.6 Å². The van der Waals surface area contributed by atoms with Crippen LogP contribution in [0.3, 0.4) is 0 Å². The van der Waals surface area contributed by atoms with E-state index in [0.29, 0.717) is 12.8 Å². The van der Waals surface area contributed by atoms with Gasteiger partial charge in [0.2, 0.25) is 0 Å². The third-order valence-electron chi connectivity index (χ3n) is 3.23. The van der Waals surface area contributed by atoms with Gasteiger partial charge in [0.1, 0.15) is 17.9 Å². The molecule has 2 N–H and O–H groups in total. The van der Waals surface area contributed by atoms with Crippen molar-refractivity contribution in [3.8, 4) is 6.07 Å². The van der Waals surface area contributed by atoms with Gasteiger partial charge in [-0.25, -0.2) is 9.59 Å². The van der Waals surface area contributed by atoms with Crippen molar-refractivity contribution in [3.05, 3.63) is 26.4 Å². The standard InChI is InChI=1S/C13H18N4O4/c1-4-5-6-9(12(19)20)15-10-8(7-14)11(18)17(3)13(21)16(10)2/h9,15H,4-6H2,1-3H3,(H,19,20). The van der Waals surface area contributed by atoms with Crippen molar-refractivity contribution < 1.29 is 9.90 Å². The van der Waals surface area contributed by atoms with Crippen LogP contribution in [-0.2, 0) is 18.9 Å². The molecule has 1 rings (SSSR count). The van der Waals surface area contributed by atoms with Gasteiger partial charge in [-0.05, 0) is 6.42 Å². The fraction of sp³-hybridized carbons (Fsp3) is 0.538. The maximum absolute atomic E-state index is 11.9. The lowest BCUT2D eigenvalue weighted by Crippen LogP contribution is -2.42. The van der Waals surface area contributed by atoms with Crippen LogP contribution in [0.1, 0.15) is 31.7 Å². The molecule has 0 aliphatic rings. The number of carboxylic acid groups (broad SMARTS) is 1. The number of carbonyl (C=O) groups is 1. The zero-order valence-electron chi connectivity index (χ0n) is 12.2. The molecule has 0 saturated heterocycles. The fourth-order valence-corrected chi connectivity index (χ4v) is 1.94. The lowest BCUT2D eigenvalue weighted by atomic mass is 10.1. The van der Waals surface area contributed by atoms with Crippen LogP contribution in [0.5, 0.6) is 0 Å². The van der Waals surface area contributed by atoms with Crippen LogP contribution in [-0.4, -0.2) is 26.3 Å². The molecule has 1 heterocycles. The quantitative estimate of drug-likeness (QED) is 0.763. The lowest BCUT2D eigenvalue weighted by Gasteiger charge is -2.19. The Hall–Kier alpha value is -2.56. The third-order valence-corrected chi connectivity index (χ3v) is 3.23. The molecule has 0 fully saturated rings. The Balaban J connectivity index is 3.36. The van der Waals surface area contributed by atoms with E-state index in [1.165, 1.54) is 14.1 Å². The summed E-state index contributed by atoms with van der Waals surface area (Å²) in [6.45, 7) is 1.92. The minimum absolute atomic E-state index is 0.0610. The number of aliphatic carboxylic acids is 1. The van der Waals surface area contributed by atoms with Crippen molar-refractivity contribution in [2.24, 2.45) is 14.1 Å². The second kappa shape index (κ2) is 6.74. The molecule has 8 nitrogen and oxygen atoms in total. The van der Waals surface area contributed by atoms with E-state index in [1.54, 1.807) is 6.07 Å². The lowest BCUT2D eigenvalue weighted by molar-refractivity contribution is -0.138. The number of nitriles is 1. The predicted molar refractivity (Wildman–Crippen MR) is 76.2 cm³/mol. The molecule has 0 bridgehead atoms. The van der Waals surface area contributed by atoms with E-state index in [-0.39, 0.29) is 11.4 Å². The SMILES string of the molecule is CCCCC(Nc1c(C#N)c(=O)n(C)c(=O)n1C)C(=O)O. The minimum atomic E-state index is -1.10. The second-order valence-corrected chi connectivity index (χ2v) is 4.72. The summed E-state index contributed by atoms with van der Waals surface area (Å²) in [5.74, 6) is -1.16. The van der Waals surface area contributed by atoms with Gasteiger partial charge in [-0.1, -0.05) is 19.8 Å². The van der Waals surface area contributed by atoms with Crippen molar-refractivity contribution in [2.45, 2.75) is 32.2 Å². The van der Waals surface area contributed by atoms with E-state index in [1.807, 2.05) is 6.92 Å². The van der Waals surface area contributed by atoms with E-state index < -0.39 is 23.3 Å². The summed E-state index contributed by atoms with van der Waals surface area (Å²) in [5, 5.41) is 20.9. The summed E-state index contributed by atoms with van der Waals surface area (Å²) in [6, 6.07) is 0.761. The van der Waals surface area contributed by atoms with Crippen LogP contribution in [0.25, 0.3) is 0 Å². The van der Waals surface area contributed by atoms with Crippen LogP contribution in [0.2, 0.25) is 0 Å². The van der Waals surface area contributed by atoms with Gasteiger partial charge in [-0.3, -0.25) is 13.9 Å². The van der Waals surface area contributed by atoms with Gasteiger partial charge in [0.05, 0.1) is 0 Å². The summed E-state index contributed by atoms with van der Waals surface area (Å²) < 4.78 is 1.88. The molecule has 0 saturated carbocycles. The smallest absolute Gasteiger partial charge is 0.332 e. The zero-order valence-corrected chi connectivity index (χ0v) is 12.2. The molecule has 0 aliphatic carbocycles. The molecular formula is C13H18N4O4. The average Bonchev–Trinajstić information content (AvgIpc) is 2.46. The first kappa shape index (κ1) is 16.5. The highest BCUT2D eigenvalue weighted by Crippen LogP contribution is 2.12. The Bertz CT molecular complexity index is 696. The monoisotopic (exact) mass is 294 g/mol. The molecule has 1 atom stereocenters. The number of rotatable bonds is 6. The van der Waals surface area contributed by atoms with E-state index in [4.69, 9.17) is 5.26 Å². The van der Waals surface area contributed by atoms with Gasteiger partial charge in [0, 0.05) is 14.1 Å². The molecule has 0 radical (unpaired) electrons. The number of hydrogen-bond donors (Lipinski definition) is 2. The first-order valence-corrected chi connectivity index (χ1v) is 6.54. The Morgan fingerprint density at radius 3 is 2.48 bits per heavy atom. The van der Waals surface area contributed by atoms with Gasteiger partial charge in [0.25, 0.3) is 5.56 Å². The van der Waals surface area contributed by atoms with Crippen LogP contribution < -0.4 is 16.6 Å². The summed E-state index contributed by atoms with van der Waals surface area (Å²) in [6.07, 6.45) is 1.82. The van der Waals surface area contributed by atoms with Gasteiger partial charge in [-0.2, -0.15) is 5.26 Å². The number of carboxylic acids is 1. The van der Waals surface area contributed by atoms with E-state index in [2.05, 4.69) is 5.32 Å². The summed E-state index contributed by atoms with van der Waals surface area (Å²) in [5.41, 5.74) is -1.65. The molecule has 0 amide bonds. The Morgan fingerprint density at radius 1 is 1.38 bits per heavy atom. The molecule has 1 unspecified atom stereocenters. The Labute approximate surface area is 121 Å². The summed E-state index contributed by atoms with van der Waals surface area (Å²) in [4.78, 5) is 35.0. The molecule has 114 valence electrons. The molecule has 8 heteroatoms. The largest absolute Gasteiger partial charge is 0.480 e. The fourth-order valence-electron chi connectivity index (χ4n) is 1.94. The minimum Gasteiger partial charge on any atom is -0.480 e. The van der Waals surface area contributed by atoms with E-state index in [9.17, 15) is 19.5 Å². The number of hydrogen-bond acceptors (Lipinski definition) is 5. The number of unbranched alkanes of at least 4 members (excludes halogenated alkanes) is 1. The predicted octanol–water partition coefficient (Wildman–Crippen LogP) is 0.0110. The number of nitrogens with one attached hydrogen (secondary N) is 1. The number of aromatic nitrogens is 2. The van der Waals surface area contributed by atoms with Gasteiger partial charge < -0.3 is 10.4 Å². The molecular weight excluding hydrogens is 276 g/mol. The van der Waals surface area contributed by atoms with Crippen LogP contribution >= 0.6 is 0 Å². The normalized spacial score (nSPS) is 11.7. The highest BCUT2D eigenvalue weighted by atomic mass is 16.4. The van der Waals surface area contributed by atoms with Crippen molar-refractivity contribution >= 4 is 11.8 Å². The molecule has 1 aromatic heterocycles. The van der Waals surface area contributed by atoms with Gasteiger partial charge >= 0.3 is 11.7 Å². The van der Waals surface area contributed by atoms with E-state index >= 15 is 0 Å². The zero-order chi connectivity index (χ0) is 16.2. The summed E-state index contributed by atoms with van der Waals surface area (Å²) in [7, 11) is 2.64. The van der Waals surface area contributed by atoms with Gasteiger partial charge in [0.15, 0.2) is 5.56 Å². The molecule has 0 spiro atoms. The molecule has 0 aliphatic heterocycles. The van der Waals surface area contributed by atoms with Crippen molar-refractivity contribution in [1.29, 1.82) is 5.26 Å². The topological polar surface area (TPSA) is 117 Å². The second-order valence-electron chi connectivity index (χ2n) is 4.72. The first-order valence-electron chi connectivity index (χ1n) is 6.54. The van der Waals surface area contributed by atoms with Crippen molar-refractivity contribution in [3.63, 3.8) is 0 Å². The highest BCUT2D eigenvalue weighted by molar-refractivity contribution is 5.77. The van der Waals surface area contributed by atoms with Crippen LogP contribution in [0.4, 0.5) is 5.82 Å². The average molecular weight is 294 g/mol. The first-order chi connectivity index (χ1) is 9.84. The van der Waals surface area contributed by atoms with Crippen molar-refractivity contribution in [1.82, 2.24) is 9.13 Å². The maximum atomic E-state index is 11.9. The Kier molecular flexibility index (Phi) is 5.30. The van der Waals surface area contributed by atoms with Crippen LogP contribution in [0, 0.1) is 11.3 Å². The number of nitrogens with zero attached hydrogens (tertiary/aromatic N) is 3. The maximum Gasteiger partial charge on any atom is 0.332 e.